The summed E-state index contributed by atoms with van der Waals surface area (Å²) in [4.78, 5) is 14.3. The van der Waals surface area contributed by atoms with Crippen LogP contribution in [0.3, 0.4) is 0 Å². The molecule has 4 heteroatoms. The number of amides is 1. The molecule has 3 N–H and O–H groups in total. The van der Waals surface area contributed by atoms with E-state index < -0.39 is 0 Å². The van der Waals surface area contributed by atoms with E-state index in [1.807, 2.05) is 0 Å². The predicted octanol–water partition coefficient (Wildman–Crippen LogP) is 1.88. The second-order valence-electron chi connectivity index (χ2n) is 6.75. The summed E-state index contributed by atoms with van der Waals surface area (Å²) >= 11 is 0. The zero-order chi connectivity index (χ0) is 14.4. The molecule has 0 radical (unpaired) electrons. The van der Waals surface area contributed by atoms with Crippen molar-refractivity contribution in [2.75, 3.05) is 20.1 Å². The summed E-state index contributed by atoms with van der Waals surface area (Å²) in [5.74, 6) is 0.955. The minimum Gasteiger partial charge on any atom is -0.355 e. The Bertz CT molecular complexity index is 300. The molecule has 0 aromatic rings. The van der Waals surface area contributed by atoms with Crippen LogP contribution in [0.5, 0.6) is 0 Å². The van der Waals surface area contributed by atoms with Crippen LogP contribution < -0.4 is 11.1 Å². The number of hydrogen-bond donors (Lipinski definition) is 2. The number of likely N-dealkylation sites (tertiary alicyclic amines) is 1. The average molecular weight is 281 g/mol. The number of rotatable bonds is 5. The lowest BCUT2D eigenvalue weighted by molar-refractivity contribution is -0.121. The van der Waals surface area contributed by atoms with E-state index in [0.717, 1.165) is 31.7 Å². The summed E-state index contributed by atoms with van der Waals surface area (Å²) < 4.78 is 0. The molecule has 4 nitrogen and oxygen atoms in total. The number of nitrogens with zero attached hydrogens (tertiary/aromatic N) is 1. The van der Waals surface area contributed by atoms with Gasteiger partial charge in [0.05, 0.1) is 0 Å². The molecule has 1 amide bonds. The van der Waals surface area contributed by atoms with E-state index in [9.17, 15) is 4.79 Å². The van der Waals surface area contributed by atoms with Gasteiger partial charge in [-0.3, -0.25) is 4.79 Å². The van der Waals surface area contributed by atoms with Gasteiger partial charge < -0.3 is 16.0 Å². The van der Waals surface area contributed by atoms with Crippen molar-refractivity contribution in [3.63, 3.8) is 0 Å². The lowest BCUT2D eigenvalue weighted by Crippen LogP contribution is -2.44. The fraction of sp³-hybridized carbons (Fsp3) is 0.938. The van der Waals surface area contributed by atoms with Crippen LogP contribution >= 0.6 is 0 Å². The van der Waals surface area contributed by atoms with E-state index >= 15 is 0 Å². The van der Waals surface area contributed by atoms with Gasteiger partial charge in [-0.25, -0.2) is 0 Å². The summed E-state index contributed by atoms with van der Waals surface area (Å²) in [6.45, 7) is 1.99. The van der Waals surface area contributed by atoms with Crippen molar-refractivity contribution in [1.82, 2.24) is 10.2 Å². The Hall–Kier alpha value is -0.610. The number of nitrogens with two attached hydrogens (primary N) is 1. The maximum absolute atomic E-state index is 11.9. The Morgan fingerprint density at radius 3 is 2.65 bits per heavy atom. The molecule has 1 saturated carbocycles. The third-order valence-corrected chi connectivity index (χ3v) is 5.13. The quantitative estimate of drug-likeness (QED) is 0.809. The highest BCUT2D eigenvalue weighted by Crippen LogP contribution is 2.26. The third kappa shape index (κ3) is 5.06. The van der Waals surface area contributed by atoms with Crippen molar-refractivity contribution in [2.45, 2.75) is 69.9 Å². The first kappa shape index (κ1) is 15.8. The van der Waals surface area contributed by atoms with Crippen molar-refractivity contribution in [1.29, 1.82) is 0 Å². The number of piperidine rings is 1. The van der Waals surface area contributed by atoms with Crippen molar-refractivity contribution in [3.8, 4) is 0 Å². The summed E-state index contributed by atoms with van der Waals surface area (Å²) in [7, 11) is 2.17. The first-order valence-corrected chi connectivity index (χ1v) is 8.37. The molecule has 2 aliphatic rings. The summed E-state index contributed by atoms with van der Waals surface area (Å²) in [5.41, 5.74) is 5.91. The average Bonchev–Trinajstić information content (AvgIpc) is 2.46. The molecular weight excluding hydrogens is 250 g/mol. The van der Waals surface area contributed by atoms with Gasteiger partial charge in [-0.15, -0.1) is 0 Å². The topological polar surface area (TPSA) is 58.4 Å². The summed E-state index contributed by atoms with van der Waals surface area (Å²) in [6.07, 6.45) is 10.2. The molecule has 0 spiro atoms. The van der Waals surface area contributed by atoms with Gasteiger partial charge in [-0.1, -0.05) is 6.42 Å². The van der Waals surface area contributed by atoms with E-state index in [1.54, 1.807) is 0 Å². The van der Waals surface area contributed by atoms with Crippen LogP contribution in [-0.4, -0.2) is 43.0 Å². The lowest BCUT2D eigenvalue weighted by atomic mass is 9.84. The summed E-state index contributed by atoms with van der Waals surface area (Å²) in [5, 5.41) is 3.13. The lowest BCUT2D eigenvalue weighted by Gasteiger charge is -2.32. The molecule has 0 aromatic carbocycles. The first-order chi connectivity index (χ1) is 9.65. The molecule has 1 atom stereocenters. The first-order valence-electron chi connectivity index (χ1n) is 8.37. The van der Waals surface area contributed by atoms with E-state index in [4.69, 9.17) is 5.73 Å². The Morgan fingerprint density at radius 2 is 1.95 bits per heavy atom. The van der Waals surface area contributed by atoms with Crippen molar-refractivity contribution < 1.29 is 4.79 Å². The Morgan fingerprint density at radius 1 is 1.20 bits per heavy atom. The van der Waals surface area contributed by atoms with Gasteiger partial charge in [0.15, 0.2) is 0 Å². The van der Waals surface area contributed by atoms with E-state index in [-0.39, 0.29) is 5.91 Å². The fourth-order valence-corrected chi connectivity index (χ4v) is 3.53. The van der Waals surface area contributed by atoms with Crippen molar-refractivity contribution in [2.24, 2.45) is 11.7 Å². The number of likely N-dealkylation sites (N-methyl/N-ethyl adjacent to an activating group) is 1. The minimum atomic E-state index is 0.235. The third-order valence-electron chi connectivity index (χ3n) is 5.13. The molecule has 20 heavy (non-hydrogen) atoms. The van der Waals surface area contributed by atoms with Gasteiger partial charge in [0, 0.05) is 25.0 Å². The van der Waals surface area contributed by atoms with Gasteiger partial charge >= 0.3 is 0 Å². The van der Waals surface area contributed by atoms with Gasteiger partial charge in [-0.05, 0) is 64.5 Å². The van der Waals surface area contributed by atoms with Gasteiger partial charge in [0.2, 0.25) is 5.91 Å². The molecule has 1 aliphatic carbocycles. The number of nitrogens with one attached hydrogen (secondary N) is 1. The number of carbonyl (C=O) groups excluding carboxylic acids is 1. The zero-order valence-corrected chi connectivity index (χ0v) is 12.9. The van der Waals surface area contributed by atoms with Crippen LogP contribution in [0.2, 0.25) is 0 Å². The smallest absolute Gasteiger partial charge is 0.220 e. The van der Waals surface area contributed by atoms with Gasteiger partial charge in [-0.2, -0.15) is 0 Å². The molecule has 2 rings (SSSR count). The van der Waals surface area contributed by atoms with Crippen LogP contribution in [0.4, 0.5) is 0 Å². The Kier molecular flexibility index (Phi) is 6.30. The SMILES string of the molecule is CN1CCCCC1CNC(=O)CCC1CCC(N)CC1. The van der Waals surface area contributed by atoms with Crippen molar-refractivity contribution >= 4 is 5.91 Å². The van der Waals surface area contributed by atoms with Crippen LogP contribution in [0.1, 0.15) is 57.8 Å². The van der Waals surface area contributed by atoms with E-state index in [2.05, 4.69) is 17.3 Å². The van der Waals surface area contributed by atoms with Crippen LogP contribution in [0, 0.1) is 5.92 Å². The Balaban J connectivity index is 1.58. The van der Waals surface area contributed by atoms with E-state index in [0.29, 0.717) is 18.5 Å². The molecule has 0 bridgehead atoms. The molecule has 1 heterocycles. The highest BCUT2D eigenvalue weighted by atomic mass is 16.1. The zero-order valence-electron chi connectivity index (χ0n) is 12.9. The fourth-order valence-electron chi connectivity index (χ4n) is 3.53. The molecule has 116 valence electrons. The normalized spacial score (nSPS) is 32.0. The maximum Gasteiger partial charge on any atom is 0.220 e. The van der Waals surface area contributed by atoms with Gasteiger partial charge in [0.25, 0.3) is 0 Å². The second kappa shape index (κ2) is 7.99. The highest BCUT2D eigenvalue weighted by molar-refractivity contribution is 5.75. The van der Waals surface area contributed by atoms with E-state index in [1.165, 1.54) is 38.6 Å². The molecule has 1 saturated heterocycles. The molecule has 1 unspecified atom stereocenters. The standard InChI is InChI=1S/C16H31N3O/c1-19-11-3-2-4-15(19)12-18-16(20)10-7-13-5-8-14(17)9-6-13/h13-15H,2-12,17H2,1H3,(H,18,20). The monoisotopic (exact) mass is 281 g/mol. The number of hydrogen-bond acceptors (Lipinski definition) is 3. The highest BCUT2D eigenvalue weighted by Gasteiger charge is 2.21. The minimum absolute atomic E-state index is 0.235. The van der Waals surface area contributed by atoms with Gasteiger partial charge in [0.1, 0.15) is 0 Å². The molecule has 1 aliphatic heterocycles. The molecule has 2 fully saturated rings. The van der Waals surface area contributed by atoms with Crippen LogP contribution in [0.25, 0.3) is 0 Å². The Labute approximate surface area is 123 Å². The van der Waals surface area contributed by atoms with Crippen molar-refractivity contribution in [3.05, 3.63) is 0 Å². The summed E-state index contributed by atoms with van der Waals surface area (Å²) in [6, 6.07) is 0.947. The predicted molar refractivity (Wildman–Crippen MR) is 82.4 cm³/mol. The second-order valence-corrected chi connectivity index (χ2v) is 6.75. The maximum atomic E-state index is 11.9. The largest absolute Gasteiger partial charge is 0.355 e. The molecule has 0 aromatic heterocycles. The molecular formula is C16H31N3O. The number of carbonyl (C=O) groups is 1. The van der Waals surface area contributed by atoms with Crippen LogP contribution in [-0.2, 0) is 4.79 Å². The van der Waals surface area contributed by atoms with Crippen LogP contribution in [0.15, 0.2) is 0 Å².